The van der Waals surface area contributed by atoms with E-state index in [0.717, 1.165) is 44.9 Å². The second-order valence-electron chi connectivity index (χ2n) is 12.7. The van der Waals surface area contributed by atoms with Crippen LogP contribution in [0.5, 0.6) is 0 Å². The Kier molecular flexibility index (Phi) is 35.3. The lowest BCUT2D eigenvalue weighted by Gasteiger charge is -2.35. The third-order valence-corrected chi connectivity index (χ3v) is 9.00. The molecule has 1 N–H and O–H groups in total. The van der Waals surface area contributed by atoms with E-state index in [-0.39, 0.29) is 6.61 Å². The fraction of sp³-hybridized carbons (Fsp3) is 1.00. The fourth-order valence-electron chi connectivity index (χ4n) is 4.53. The van der Waals surface area contributed by atoms with E-state index in [1.54, 1.807) is 0 Å². The molecule has 0 aliphatic heterocycles. The van der Waals surface area contributed by atoms with Gasteiger partial charge in [0, 0.05) is 45.1 Å². The van der Waals surface area contributed by atoms with Crippen LogP contribution < -0.4 is 0 Å². The molecular weight excluding hydrogens is 641 g/mol. The van der Waals surface area contributed by atoms with Crippen LogP contribution >= 0.6 is 8.53 Å². The van der Waals surface area contributed by atoms with Crippen LogP contribution in [0.1, 0.15) is 113 Å². The van der Waals surface area contributed by atoms with Gasteiger partial charge in [0.1, 0.15) is 0 Å². The summed E-state index contributed by atoms with van der Waals surface area (Å²) >= 11 is 0. The minimum atomic E-state index is -1.05. The van der Waals surface area contributed by atoms with E-state index in [1.807, 2.05) is 13.8 Å². The van der Waals surface area contributed by atoms with Crippen LogP contribution in [-0.4, -0.2) is 121 Å². The molecule has 0 aromatic carbocycles. The quantitative estimate of drug-likeness (QED) is 0.0299. The molecule has 0 rings (SSSR count). The van der Waals surface area contributed by atoms with Crippen LogP contribution in [0.3, 0.4) is 0 Å². The average molecular weight is 716 g/mol. The molecule has 12 nitrogen and oxygen atoms in total. The largest absolute Gasteiger partial charge is 0.396 e. The summed E-state index contributed by atoms with van der Waals surface area (Å²) in [5.74, 6) is 0. The number of nitrogens with zero attached hydrogens (tertiary/aromatic N) is 1. The predicted molar refractivity (Wildman–Crippen MR) is 191 cm³/mol. The highest BCUT2D eigenvalue weighted by Gasteiger charge is 2.32. The van der Waals surface area contributed by atoms with Crippen molar-refractivity contribution in [2.75, 3.05) is 99.1 Å². The van der Waals surface area contributed by atoms with Crippen molar-refractivity contribution < 1.29 is 52.7 Å². The first-order chi connectivity index (χ1) is 23.4. The van der Waals surface area contributed by atoms with Crippen LogP contribution in [-0.2, 0) is 47.5 Å². The highest BCUT2D eigenvalue weighted by atomic mass is 31.2. The predicted octanol–water partition coefficient (Wildman–Crippen LogP) is 7.27. The number of hydrogen-bond donors (Lipinski definition) is 1. The van der Waals surface area contributed by atoms with E-state index in [0.29, 0.717) is 124 Å². The molecule has 0 radical (unpaired) electrons. The molecule has 0 heterocycles. The van der Waals surface area contributed by atoms with Gasteiger partial charge in [0.05, 0.1) is 71.5 Å². The number of aliphatic hydroxyl groups excluding tert-OH is 1. The summed E-state index contributed by atoms with van der Waals surface area (Å²) in [6, 6.07) is 0.734. The summed E-state index contributed by atoms with van der Waals surface area (Å²) in [6.45, 7) is 22.4. The Balaban J connectivity index is 4.86. The van der Waals surface area contributed by atoms with Crippen LogP contribution in [0, 0.1) is 5.41 Å². The van der Waals surface area contributed by atoms with Crippen molar-refractivity contribution in [3.8, 4) is 0 Å². The van der Waals surface area contributed by atoms with Gasteiger partial charge >= 0.3 is 0 Å². The van der Waals surface area contributed by atoms with Gasteiger partial charge in [-0.3, -0.25) is 0 Å². The first-order valence-electron chi connectivity index (χ1n) is 18.6. The fourth-order valence-corrected chi connectivity index (χ4v) is 6.25. The molecule has 0 amide bonds. The van der Waals surface area contributed by atoms with E-state index >= 15 is 0 Å². The first-order valence-corrected chi connectivity index (χ1v) is 19.7. The molecule has 0 saturated carbocycles. The highest BCUT2D eigenvalue weighted by molar-refractivity contribution is 7.44. The standard InChI is InChI=1S/C35H74NO11P/c1-8-19-42-44-26-16-24-40-31-35(30-39-23-15-18-37,32-41-25-17-27-45-43-20-9-2)29-38-22-13-11-12-14-28-47-48(46-21-10-3)36(33(4)5)34(6)7/h33-34,37H,8-32H2,1-7H3. The molecule has 1 unspecified atom stereocenters. The van der Waals surface area contributed by atoms with E-state index in [9.17, 15) is 5.11 Å². The van der Waals surface area contributed by atoms with Gasteiger partial charge in [-0.2, -0.15) is 0 Å². The maximum Gasteiger partial charge on any atom is 0.259 e. The number of unbranched alkanes of at least 4 members (excludes halogenated alkanes) is 3. The second-order valence-corrected chi connectivity index (χ2v) is 14.1. The summed E-state index contributed by atoms with van der Waals surface area (Å²) in [4.78, 5) is 20.6. The maximum atomic E-state index is 9.25. The lowest BCUT2D eigenvalue weighted by Crippen LogP contribution is -2.42. The SMILES string of the molecule is CCCOOCCCOCC(COCCCO)(COCCCCCCOP(OCCC)N(C(C)C)C(C)C)COCCCOOCCC. The minimum absolute atomic E-state index is 0.0862. The topological polar surface area (TPSA) is 116 Å². The Labute approximate surface area is 294 Å². The first kappa shape index (κ1) is 48.0. The Morgan fingerprint density at radius 3 is 1.31 bits per heavy atom. The second kappa shape index (κ2) is 35.4. The lowest BCUT2D eigenvalue weighted by atomic mass is 9.92. The number of aliphatic hydroxyl groups is 1. The zero-order chi connectivity index (χ0) is 35.6. The smallest absolute Gasteiger partial charge is 0.259 e. The zero-order valence-corrected chi connectivity index (χ0v) is 32.7. The van der Waals surface area contributed by atoms with Gasteiger partial charge < -0.3 is 33.1 Å². The summed E-state index contributed by atoms with van der Waals surface area (Å²) in [5, 5.41) is 9.25. The van der Waals surface area contributed by atoms with Crippen molar-refractivity contribution in [1.82, 2.24) is 4.67 Å². The summed E-state index contributed by atoms with van der Waals surface area (Å²) in [7, 11) is -1.05. The van der Waals surface area contributed by atoms with Crippen LogP contribution in [0.25, 0.3) is 0 Å². The summed E-state index contributed by atoms with van der Waals surface area (Å²) in [5.41, 5.74) is -0.489. The molecule has 290 valence electrons. The average Bonchev–Trinajstić information content (AvgIpc) is 3.06. The van der Waals surface area contributed by atoms with Crippen LogP contribution in [0.15, 0.2) is 0 Å². The summed E-state index contributed by atoms with van der Waals surface area (Å²) < 4.78 is 39.1. The Morgan fingerprint density at radius 2 is 0.875 bits per heavy atom. The van der Waals surface area contributed by atoms with E-state index in [2.05, 4.69) is 39.3 Å². The van der Waals surface area contributed by atoms with Crippen LogP contribution in [0.4, 0.5) is 0 Å². The third-order valence-electron chi connectivity index (χ3n) is 6.89. The number of rotatable bonds is 39. The minimum Gasteiger partial charge on any atom is -0.396 e. The van der Waals surface area contributed by atoms with Crippen molar-refractivity contribution in [3.63, 3.8) is 0 Å². The van der Waals surface area contributed by atoms with Crippen molar-refractivity contribution in [2.45, 2.75) is 125 Å². The van der Waals surface area contributed by atoms with Gasteiger partial charge in [-0.25, -0.2) is 24.2 Å². The molecule has 0 fully saturated rings. The Hall–Kier alpha value is -0.0500. The van der Waals surface area contributed by atoms with Gasteiger partial charge in [0.15, 0.2) is 0 Å². The van der Waals surface area contributed by atoms with Gasteiger partial charge in [-0.15, -0.1) is 0 Å². The third kappa shape index (κ3) is 27.6. The molecule has 48 heavy (non-hydrogen) atoms. The molecule has 1 atom stereocenters. The maximum absolute atomic E-state index is 9.25. The number of hydrogen-bond acceptors (Lipinski definition) is 12. The van der Waals surface area contributed by atoms with E-state index in [4.69, 9.17) is 47.5 Å². The normalized spacial score (nSPS) is 13.1. The van der Waals surface area contributed by atoms with Crippen molar-refractivity contribution in [1.29, 1.82) is 0 Å². The zero-order valence-electron chi connectivity index (χ0n) is 31.8. The van der Waals surface area contributed by atoms with Crippen molar-refractivity contribution in [2.24, 2.45) is 5.41 Å². The van der Waals surface area contributed by atoms with Gasteiger partial charge in [0.25, 0.3) is 8.53 Å². The molecule has 0 bridgehead atoms. The Bertz CT molecular complexity index is 624. The molecule has 0 saturated heterocycles. The molecule has 0 aromatic heterocycles. The van der Waals surface area contributed by atoms with Gasteiger partial charge in [-0.05, 0) is 79.1 Å². The summed E-state index contributed by atoms with van der Waals surface area (Å²) in [6.07, 6.45) is 8.87. The molecule has 13 heteroatoms. The molecule has 0 spiro atoms. The molecule has 0 aromatic rings. The van der Waals surface area contributed by atoms with Gasteiger partial charge in [0.2, 0.25) is 0 Å². The monoisotopic (exact) mass is 715 g/mol. The highest BCUT2D eigenvalue weighted by Crippen LogP contribution is 2.46. The molecular formula is C35H74NO11P. The van der Waals surface area contributed by atoms with E-state index < -0.39 is 13.9 Å². The Morgan fingerprint density at radius 1 is 0.479 bits per heavy atom. The van der Waals surface area contributed by atoms with Gasteiger partial charge in [-0.1, -0.05) is 33.6 Å². The molecule has 0 aliphatic carbocycles. The van der Waals surface area contributed by atoms with Crippen LogP contribution in [0.2, 0.25) is 0 Å². The lowest BCUT2D eigenvalue weighted by molar-refractivity contribution is -0.295. The van der Waals surface area contributed by atoms with Crippen molar-refractivity contribution >= 4 is 8.53 Å². The van der Waals surface area contributed by atoms with Crippen molar-refractivity contribution in [3.05, 3.63) is 0 Å². The van der Waals surface area contributed by atoms with E-state index in [1.165, 1.54) is 0 Å². The molecule has 0 aliphatic rings. The number of ether oxygens (including phenoxy) is 4.